The van der Waals surface area contributed by atoms with Gasteiger partial charge >= 0.3 is 0 Å². The molecule has 1 aromatic carbocycles. The van der Waals surface area contributed by atoms with Crippen molar-refractivity contribution in [2.24, 2.45) is 0 Å². The van der Waals surface area contributed by atoms with Gasteiger partial charge in [-0.2, -0.15) is 0 Å². The first-order chi connectivity index (χ1) is 8.86. The average Bonchev–Trinajstić information content (AvgIpc) is 2.89. The summed E-state index contributed by atoms with van der Waals surface area (Å²) in [4.78, 5) is 4.48. The molecule has 0 bridgehead atoms. The van der Waals surface area contributed by atoms with Crippen LogP contribution in [0.15, 0.2) is 36.7 Å². The second-order valence-corrected chi connectivity index (χ2v) is 5.03. The monoisotopic (exact) mass is 261 g/mol. The number of benzene rings is 1. The predicted octanol–water partition coefficient (Wildman–Crippen LogP) is 3.13. The number of imidazole rings is 1. The van der Waals surface area contributed by atoms with Crippen LogP contribution >= 0.6 is 11.6 Å². The summed E-state index contributed by atoms with van der Waals surface area (Å²) >= 11 is 6.26. The van der Waals surface area contributed by atoms with Gasteiger partial charge in [0.25, 0.3) is 0 Å². The maximum Gasteiger partial charge on any atom is 0.141 e. The Labute approximate surface area is 112 Å². The molecule has 0 radical (unpaired) electrons. The molecule has 0 aliphatic carbocycles. The maximum atomic E-state index is 6.26. The van der Waals surface area contributed by atoms with Crippen molar-refractivity contribution in [1.82, 2.24) is 14.9 Å². The lowest BCUT2D eigenvalue weighted by atomic mass is 10.1. The van der Waals surface area contributed by atoms with Crippen molar-refractivity contribution < 1.29 is 0 Å². The van der Waals surface area contributed by atoms with E-state index in [0.717, 1.165) is 42.3 Å². The molecule has 2 aromatic rings. The van der Waals surface area contributed by atoms with Crippen molar-refractivity contribution >= 4 is 11.6 Å². The van der Waals surface area contributed by atoms with E-state index < -0.39 is 0 Å². The van der Waals surface area contributed by atoms with Crippen LogP contribution in [0.5, 0.6) is 0 Å². The molecule has 0 saturated carbocycles. The molecule has 18 heavy (non-hydrogen) atoms. The van der Waals surface area contributed by atoms with E-state index in [0.29, 0.717) is 6.04 Å². The molecule has 2 heterocycles. The highest BCUT2D eigenvalue weighted by molar-refractivity contribution is 6.33. The summed E-state index contributed by atoms with van der Waals surface area (Å²) in [6.45, 7) is 2.15. The topological polar surface area (TPSA) is 29.9 Å². The Balaban J connectivity index is 1.98. The minimum atomic E-state index is 0.528. The van der Waals surface area contributed by atoms with Crippen molar-refractivity contribution in [2.45, 2.75) is 18.9 Å². The number of hydrogen-bond acceptors (Lipinski definition) is 2. The molecule has 3 nitrogen and oxygen atoms in total. The summed E-state index contributed by atoms with van der Waals surface area (Å²) in [7, 11) is 0. The molecule has 1 N–H and O–H groups in total. The molecule has 1 aromatic heterocycles. The lowest BCUT2D eigenvalue weighted by Crippen LogP contribution is -2.29. The largest absolute Gasteiger partial charge is 0.328 e. The summed E-state index contributed by atoms with van der Waals surface area (Å²) < 4.78 is 2.27. The normalized spacial score (nSPS) is 16.9. The van der Waals surface area contributed by atoms with Crippen molar-refractivity contribution in [1.29, 1.82) is 0 Å². The first kappa shape index (κ1) is 11.8. The van der Waals surface area contributed by atoms with E-state index in [4.69, 9.17) is 11.6 Å². The van der Waals surface area contributed by atoms with E-state index in [2.05, 4.69) is 21.1 Å². The Bertz CT molecular complexity index is 529. The third-order valence-corrected chi connectivity index (χ3v) is 3.82. The van der Waals surface area contributed by atoms with Gasteiger partial charge in [0.05, 0.1) is 5.02 Å². The Kier molecular flexibility index (Phi) is 3.35. The van der Waals surface area contributed by atoms with E-state index in [9.17, 15) is 0 Å². The third kappa shape index (κ3) is 2.16. The molecule has 0 spiro atoms. The smallest absolute Gasteiger partial charge is 0.141 e. The van der Waals surface area contributed by atoms with Gasteiger partial charge in [0, 0.05) is 24.0 Å². The van der Waals surface area contributed by atoms with Crippen LogP contribution in [0.25, 0.3) is 11.4 Å². The lowest BCUT2D eigenvalue weighted by molar-refractivity contribution is 0.370. The Morgan fingerprint density at radius 1 is 1.22 bits per heavy atom. The van der Waals surface area contributed by atoms with Crippen LogP contribution in [0.3, 0.4) is 0 Å². The zero-order chi connectivity index (χ0) is 12.4. The van der Waals surface area contributed by atoms with Gasteiger partial charge in [0.2, 0.25) is 0 Å². The second-order valence-electron chi connectivity index (χ2n) is 4.62. The average molecular weight is 262 g/mol. The quantitative estimate of drug-likeness (QED) is 0.900. The molecule has 3 rings (SSSR count). The van der Waals surface area contributed by atoms with E-state index in [-0.39, 0.29) is 0 Å². The van der Waals surface area contributed by atoms with Crippen molar-refractivity contribution in [3.05, 3.63) is 41.7 Å². The Hall–Kier alpha value is -1.32. The number of rotatable bonds is 2. The highest BCUT2D eigenvalue weighted by Crippen LogP contribution is 2.30. The predicted molar refractivity (Wildman–Crippen MR) is 73.8 cm³/mol. The molecule has 0 amide bonds. The SMILES string of the molecule is Clc1ccccc1-c1nccn1C1CCNCC1. The summed E-state index contributed by atoms with van der Waals surface area (Å²) in [5, 5.41) is 4.15. The number of hydrogen-bond donors (Lipinski definition) is 1. The highest BCUT2D eigenvalue weighted by Gasteiger charge is 2.19. The van der Waals surface area contributed by atoms with Crippen LogP contribution in [0.1, 0.15) is 18.9 Å². The first-order valence-electron chi connectivity index (χ1n) is 6.35. The fraction of sp³-hybridized carbons (Fsp3) is 0.357. The Morgan fingerprint density at radius 3 is 2.78 bits per heavy atom. The van der Waals surface area contributed by atoms with Gasteiger partial charge in [-0.3, -0.25) is 0 Å². The van der Waals surface area contributed by atoms with Crippen molar-refractivity contribution in [3.63, 3.8) is 0 Å². The van der Waals surface area contributed by atoms with Gasteiger partial charge in [0.1, 0.15) is 5.82 Å². The third-order valence-electron chi connectivity index (χ3n) is 3.49. The number of aromatic nitrogens is 2. The first-order valence-corrected chi connectivity index (χ1v) is 6.72. The minimum Gasteiger partial charge on any atom is -0.328 e. The van der Waals surface area contributed by atoms with Crippen LogP contribution < -0.4 is 5.32 Å². The summed E-state index contributed by atoms with van der Waals surface area (Å²) in [5.74, 6) is 0.979. The Morgan fingerprint density at radius 2 is 2.00 bits per heavy atom. The molecular weight excluding hydrogens is 246 g/mol. The molecule has 1 aliphatic heterocycles. The number of nitrogens with zero attached hydrogens (tertiary/aromatic N) is 2. The van der Waals surface area contributed by atoms with E-state index in [1.807, 2.05) is 30.5 Å². The fourth-order valence-electron chi connectivity index (χ4n) is 2.54. The zero-order valence-corrected chi connectivity index (χ0v) is 10.9. The van der Waals surface area contributed by atoms with Crippen LogP contribution in [-0.2, 0) is 0 Å². The maximum absolute atomic E-state index is 6.26. The summed E-state index contributed by atoms with van der Waals surface area (Å²) in [6.07, 6.45) is 6.22. The zero-order valence-electron chi connectivity index (χ0n) is 10.1. The van der Waals surface area contributed by atoms with Crippen LogP contribution in [0, 0.1) is 0 Å². The second kappa shape index (κ2) is 5.12. The molecule has 0 atom stereocenters. The summed E-state index contributed by atoms with van der Waals surface area (Å²) in [5.41, 5.74) is 1.02. The van der Waals surface area contributed by atoms with Crippen LogP contribution in [0.4, 0.5) is 0 Å². The minimum absolute atomic E-state index is 0.528. The summed E-state index contributed by atoms with van der Waals surface area (Å²) in [6, 6.07) is 8.42. The molecule has 94 valence electrons. The fourth-order valence-corrected chi connectivity index (χ4v) is 2.76. The molecule has 4 heteroatoms. The molecule has 1 fully saturated rings. The molecule has 1 aliphatic rings. The van der Waals surface area contributed by atoms with E-state index in [1.165, 1.54) is 0 Å². The lowest BCUT2D eigenvalue weighted by Gasteiger charge is -2.25. The van der Waals surface area contributed by atoms with Crippen molar-refractivity contribution in [3.8, 4) is 11.4 Å². The van der Waals surface area contributed by atoms with Gasteiger partial charge in [-0.1, -0.05) is 23.7 Å². The van der Waals surface area contributed by atoms with Gasteiger partial charge in [-0.25, -0.2) is 4.98 Å². The molecule has 1 saturated heterocycles. The van der Waals surface area contributed by atoms with Gasteiger partial charge < -0.3 is 9.88 Å². The van der Waals surface area contributed by atoms with E-state index in [1.54, 1.807) is 0 Å². The molecule has 0 unspecified atom stereocenters. The number of nitrogens with one attached hydrogen (secondary N) is 1. The highest BCUT2D eigenvalue weighted by atomic mass is 35.5. The number of halogens is 1. The van der Waals surface area contributed by atoms with Crippen molar-refractivity contribution in [2.75, 3.05) is 13.1 Å². The van der Waals surface area contributed by atoms with Crippen LogP contribution in [-0.4, -0.2) is 22.6 Å². The standard InChI is InChI=1S/C14H16ClN3/c15-13-4-2-1-3-12(13)14-17-9-10-18(14)11-5-7-16-8-6-11/h1-4,9-11,16H,5-8H2. The van der Waals surface area contributed by atoms with Gasteiger partial charge in [-0.15, -0.1) is 0 Å². The number of piperidine rings is 1. The van der Waals surface area contributed by atoms with E-state index >= 15 is 0 Å². The van der Waals surface area contributed by atoms with Gasteiger partial charge in [0.15, 0.2) is 0 Å². The van der Waals surface area contributed by atoms with Crippen LogP contribution in [0.2, 0.25) is 5.02 Å². The molecular formula is C14H16ClN3. The van der Waals surface area contributed by atoms with Gasteiger partial charge in [-0.05, 0) is 38.1 Å².